The molecule has 6 nitrogen and oxygen atoms in total. The highest BCUT2D eigenvalue weighted by molar-refractivity contribution is 5.70. The number of carbonyl (C=O) groups is 1. The Morgan fingerprint density at radius 1 is 1.21 bits per heavy atom. The summed E-state index contributed by atoms with van der Waals surface area (Å²) in [5.41, 5.74) is 3.13. The Morgan fingerprint density at radius 3 is 2.86 bits per heavy atom. The monoisotopic (exact) mass is 395 g/mol. The number of hydrogen-bond acceptors (Lipinski definition) is 5. The predicted octanol–water partition coefficient (Wildman–Crippen LogP) is 4.55. The number of pyridine rings is 1. The van der Waals surface area contributed by atoms with Gasteiger partial charge in [-0.3, -0.25) is 4.98 Å². The van der Waals surface area contributed by atoms with E-state index in [4.69, 9.17) is 9.47 Å². The zero-order chi connectivity index (χ0) is 20.4. The van der Waals surface area contributed by atoms with Crippen LogP contribution in [0.1, 0.15) is 39.2 Å². The average molecular weight is 396 g/mol. The lowest BCUT2D eigenvalue weighted by atomic mass is 10.2. The van der Waals surface area contributed by atoms with Crippen LogP contribution >= 0.6 is 0 Å². The number of rotatable bonds is 4. The molecule has 0 saturated carbocycles. The molecule has 1 unspecified atom stereocenters. The molecule has 4 rings (SSSR count). The second-order valence-corrected chi connectivity index (χ2v) is 8.69. The maximum atomic E-state index is 12.5. The summed E-state index contributed by atoms with van der Waals surface area (Å²) < 4.78 is 11.6. The fourth-order valence-electron chi connectivity index (χ4n) is 4.00. The lowest BCUT2D eigenvalue weighted by Gasteiger charge is -2.28. The minimum atomic E-state index is -0.491. The van der Waals surface area contributed by atoms with E-state index >= 15 is 0 Å². The highest BCUT2D eigenvalue weighted by Gasteiger charge is 2.32. The highest BCUT2D eigenvalue weighted by Crippen LogP contribution is 2.35. The Morgan fingerprint density at radius 2 is 2.03 bits per heavy atom. The summed E-state index contributed by atoms with van der Waals surface area (Å²) in [6.07, 6.45) is 6.27. The molecule has 6 heteroatoms. The van der Waals surface area contributed by atoms with E-state index in [1.54, 1.807) is 11.1 Å². The minimum Gasteiger partial charge on any atom is -0.490 e. The summed E-state index contributed by atoms with van der Waals surface area (Å²) in [7, 11) is 0. The van der Waals surface area contributed by atoms with E-state index < -0.39 is 5.60 Å². The van der Waals surface area contributed by atoms with Crippen molar-refractivity contribution in [1.82, 2.24) is 9.88 Å². The largest absolute Gasteiger partial charge is 0.490 e. The van der Waals surface area contributed by atoms with Crippen molar-refractivity contribution in [3.05, 3.63) is 48.3 Å². The number of nitrogens with zero attached hydrogens (tertiary/aromatic N) is 3. The lowest BCUT2D eigenvalue weighted by Crippen LogP contribution is -2.42. The lowest BCUT2D eigenvalue weighted by molar-refractivity contribution is 0.0187. The van der Waals surface area contributed by atoms with Crippen molar-refractivity contribution in [2.75, 3.05) is 24.6 Å². The van der Waals surface area contributed by atoms with Crippen molar-refractivity contribution in [3.8, 4) is 5.75 Å². The molecule has 1 amide bonds. The number of carbonyl (C=O) groups excluding carboxylic acids is 1. The van der Waals surface area contributed by atoms with Crippen LogP contribution in [0.3, 0.4) is 0 Å². The summed E-state index contributed by atoms with van der Waals surface area (Å²) in [6.45, 7) is 7.77. The number of amides is 1. The Bertz CT molecular complexity index is 878. The summed E-state index contributed by atoms with van der Waals surface area (Å²) in [4.78, 5) is 20.9. The smallest absolute Gasteiger partial charge is 0.410 e. The van der Waals surface area contributed by atoms with E-state index in [1.807, 2.05) is 33.0 Å². The molecular formula is C23H29N3O3. The number of fused-ring (bicyclic) bond motifs is 1. The topological polar surface area (TPSA) is 54.9 Å². The van der Waals surface area contributed by atoms with Gasteiger partial charge in [-0.15, -0.1) is 0 Å². The first-order chi connectivity index (χ1) is 13.9. The number of hydrogen-bond donors (Lipinski definition) is 0. The minimum absolute atomic E-state index is 0.0287. The molecule has 1 aromatic heterocycles. The van der Waals surface area contributed by atoms with E-state index in [0.29, 0.717) is 13.2 Å². The van der Waals surface area contributed by atoms with Gasteiger partial charge >= 0.3 is 6.09 Å². The Labute approximate surface area is 172 Å². The van der Waals surface area contributed by atoms with Gasteiger partial charge in [-0.2, -0.15) is 0 Å². The number of likely N-dealkylation sites (tertiary alicyclic amines) is 1. The molecule has 0 bridgehead atoms. The Balaban J connectivity index is 1.41. The highest BCUT2D eigenvalue weighted by atomic mass is 16.6. The second kappa shape index (κ2) is 7.93. The van der Waals surface area contributed by atoms with Crippen LogP contribution in [0.25, 0.3) is 0 Å². The number of anilines is 2. The van der Waals surface area contributed by atoms with E-state index in [0.717, 1.165) is 37.2 Å². The molecule has 0 N–H and O–H groups in total. The fourth-order valence-corrected chi connectivity index (χ4v) is 4.00. The van der Waals surface area contributed by atoms with Gasteiger partial charge in [0.05, 0.1) is 24.1 Å². The van der Waals surface area contributed by atoms with Gasteiger partial charge in [-0.25, -0.2) is 4.79 Å². The van der Waals surface area contributed by atoms with Crippen molar-refractivity contribution < 1.29 is 14.3 Å². The van der Waals surface area contributed by atoms with Gasteiger partial charge in [0.1, 0.15) is 18.0 Å². The number of benzene rings is 1. The number of ether oxygens (including phenoxy) is 2. The molecule has 3 heterocycles. The average Bonchev–Trinajstić information content (AvgIpc) is 3.32. The molecule has 1 saturated heterocycles. The van der Waals surface area contributed by atoms with Crippen molar-refractivity contribution >= 4 is 17.5 Å². The molecule has 0 radical (unpaired) electrons. The predicted molar refractivity (Wildman–Crippen MR) is 113 cm³/mol. The second-order valence-electron chi connectivity index (χ2n) is 8.69. The molecule has 29 heavy (non-hydrogen) atoms. The number of para-hydroxylation sites is 1. The van der Waals surface area contributed by atoms with E-state index in [-0.39, 0.29) is 12.1 Å². The SMILES string of the molecule is CC(C)(C)OC(=O)N1CCCC1COc1cncc(N2CCc3ccccc32)c1. The van der Waals surface area contributed by atoms with Crippen molar-refractivity contribution in [2.24, 2.45) is 0 Å². The summed E-state index contributed by atoms with van der Waals surface area (Å²) in [5, 5.41) is 0. The zero-order valence-electron chi connectivity index (χ0n) is 17.4. The summed E-state index contributed by atoms with van der Waals surface area (Å²) >= 11 is 0. The standard InChI is InChI=1S/C23H29N3O3/c1-23(2,3)29-22(27)26-11-6-8-18(26)16-28-20-13-19(14-24-15-20)25-12-10-17-7-4-5-9-21(17)25/h4-5,7,9,13-15,18H,6,8,10-12,16H2,1-3H3. The molecule has 0 aliphatic carbocycles. The van der Waals surface area contributed by atoms with E-state index in [1.165, 1.54) is 11.3 Å². The maximum Gasteiger partial charge on any atom is 0.410 e. The first kappa shape index (κ1) is 19.6. The molecule has 1 fully saturated rings. The maximum absolute atomic E-state index is 12.5. The summed E-state index contributed by atoms with van der Waals surface area (Å²) in [6, 6.07) is 10.5. The quantitative estimate of drug-likeness (QED) is 0.760. The summed E-state index contributed by atoms with van der Waals surface area (Å²) in [5.74, 6) is 0.725. The molecule has 1 aromatic carbocycles. The molecule has 154 valence electrons. The van der Waals surface area contributed by atoms with Crippen LogP contribution in [-0.2, 0) is 11.2 Å². The molecular weight excluding hydrogens is 366 g/mol. The third-order valence-corrected chi connectivity index (χ3v) is 5.35. The van der Waals surface area contributed by atoms with Gasteiger partial charge in [0.2, 0.25) is 0 Å². The van der Waals surface area contributed by atoms with E-state index in [2.05, 4.69) is 34.1 Å². The van der Waals surface area contributed by atoms with Crippen molar-refractivity contribution in [3.63, 3.8) is 0 Å². The molecule has 2 aliphatic heterocycles. The molecule has 2 aliphatic rings. The Hall–Kier alpha value is -2.76. The van der Waals surface area contributed by atoms with Gasteiger partial charge in [-0.05, 0) is 51.7 Å². The van der Waals surface area contributed by atoms with Crippen LogP contribution < -0.4 is 9.64 Å². The fraction of sp³-hybridized carbons (Fsp3) is 0.478. The van der Waals surface area contributed by atoms with Crippen LogP contribution in [0.15, 0.2) is 42.7 Å². The first-order valence-corrected chi connectivity index (χ1v) is 10.3. The van der Waals surface area contributed by atoms with Crippen LogP contribution in [0.4, 0.5) is 16.2 Å². The van der Waals surface area contributed by atoms with Gasteiger partial charge in [0.15, 0.2) is 0 Å². The third-order valence-electron chi connectivity index (χ3n) is 5.35. The van der Waals surface area contributed by atoms with E-state index in [9.17, 15) is 4.79 Å². The first-order valence-electron chi connectivity index (χ1n) is 10.3. The van der Waals surface area contributed by atoms with Gasteiger partial charge < -0.3 is 19.3 Å². The molecule has 1 atom stereocenters. The van der Waals surface area contributed by atoms with Crippen molar-refractivity contribution in [1.29, 1.82) is 0 Å². The van der Waals surface area contributed by atoms with Crippen LogP contribution in [0, 0.1) is 0 Å². The Kier molecular flexibility index (Phi) is 5.35. The zero-order valence-corrected chi connectivity index (χ0v) is 17.4. The van der Waals surface area contributed by atoms with Gasteiger partial charge in [-0.1, -0.05) is 18.2 Å². The normalized spacial score (nSPS) is 18.7. The van der Waals surface area contributed by atoms with Crippen LogP contribution in [0.2, 0.25) is 0 Å². The third kappa shape index (κ3) is 4.47. The van der Waals surface area contributed by atoms with Gasteiger partial charge in [0, 0.05) is 24.8 Å². The number of aromatic nitrogens is 1. The van der Waals surface area contributed by atoms with Crippen LogP contribution in [-0.4, -0.2) is 47.3 Å². The molecule has 0 spiro atoms. The molecule has 2 aromatic rings. The van der Waals surface area contributed by atoms with Crippen LogP contribution in [0.5, 0.6) is 5.75 Å². The van der Waals surface area contributed by atoms with Crippen molar-refractivity contribution in [2.45, 2.75) is 51.7 Å². The van der Waals surface area contributed by atoms with Gasteiger partial charge in [0.25, 0.3) is 0 Å².